The first-order valence-electron chi connectivity index (χ1n) is 8.35. The lowest BCUT2D eigenvalue weighted by molar-refractivity contribution is -0.128. The van der Waals surface area contributed by atoms with Crippen molar-refractivity contribution >= 4 is 27.5 Å². The predicted octanol–water partition coefficient (Wildman–Crippen LogP) is 1.62. The van der Waals surface area contributed by atoms with Gasteiger partial charge in [-0.3, -0.25) is 9.36 Å². The van der Waals surface area contributed by atoms with Gasteiger partial charge in [0.05, 0.1) is 17.3 Å². The molecule has 1 saturated heterocycles. The molecule has 0 spiro atoms. The second-order valence-corrected chi connectivity index (χ2v) is 9.72. The zero-order valence-corrected chi connectivity index (χ0v) is 16.7. The van der Waals surface area contributed by atoms with Crippen molar-refractivity contribution in [3.8, 4) is 5.69 Å². The molecule has 1 atom stereocenters. The van der Waals surface area contributed by atoms with Crippen molar-refractivity contribution in [3.05, 3.63) is 35.7 Å². The highest BCUT2D eigenvalue weighted by Gasteiger charge is 2.32. The number of sulfone groups is 1. The Labute approximate surface area is 157 Å². The van der Waals surface area contributed by atoms with Gasteiger partial charge in [-0.2, -0.15) is 0 Å². The van der Waals surface area contributed by atoms with Gasteiger partial charge in [-0.25, -0.2) is 8.42 Å². The minimum absolute atomic E-state index is 0.0541. The Morgan fingerprint density at radius 2 is 1.96 bits per heavy atom. The maximum atomic E-state index is 12.5. The van der Waals surface area contributed by atoms with Crippen LogP contribution in [-0.4, -0.2) is 64.3 Å². The van der Waals surface area contributed by atoms with Gasteiger partial charge in [-0.05, 0) is 32.4 Å². The van der Waals surface area contributed by atoms with Gasteiger partial charge in [0.25, 0.3) is 0 Å². The SMILES string of the molecule is Cc1ccc(-n2c(C)nnc2SCC(=O)N(C)[C@H]2CCS(=O)(=O)C2)cc1. The van der Waals surface area contributed by atoms with Gasteiger partial charge >= 0.3 is 0 Å². The molecule has 3 rings (SSSR count). The first-order valence-corrected chi connectivity index (χ1v) is 11.2. The summed E-state index contributed by atoms with van der Waals surface area (Å²) in [4.78, 5) is 14.0. The van der Waals surface area contributed by atoms with E-state index in [-0.39, 0.29) is 29.2 Å². The molecule has 1 aliphatic heterocycles. The second kappa shape index (κ2) is 7.40. The van der Waals surface area contributed by atoms with E-state index in [4.69, 9.17) is 0 Å². The third-order valence-electron chi connectivity index (χ3n) is 4.56. The molecule has 9 heteroatoms. The van der Waals surface area contributed by atoms with Crippen LogP contribution in [0, 0.1) is 13.8 Å². The first kappa shape index (κ1) is 18.9. The summed E-state index contributed by atoms with van der Waals surface area (Å²) in [6.45, 7) is 3.89. The van der Waals surface area contributed by atoms with Gasteiger partial charge in [0, 0.05) is 18.8 Å². The van der Waals surface area contributed by atoms with Gasteiger partial charge in [-0.1, -0.05) is 29.5 Å². The summed E-state index contributed by atoms with van der Waals surface area (Å²) in [5, 5.41) is 8.94. The molecule has 1 fully saturated rings. The van der Waals surface area contributed by atoms with Gasteiger partial charge in [0.1, 0.15) is 5.82 Å². The maximum Gasteiger partial charge on any atom is 0.233 e. The number of amides is 1. The molecule has 140 valence electrons. The minimum atomic E-state index is -3.01. The molecular formula is C17H22N4O3S2. The molecule has 1 amide bonds. The molecular weight excluding hydrogens is 372 g/mol. The number of hydrogen-bond acceptors (Lipinski definition) is 6. The Hall–Kier alpha value is -1.87. The summed E-state index contributed by atoms with van der Waals surface area (Å²) in [5.41, 5.74) is 2.11. The summed E-state index contributed by atoms with van der Waals surface area (Å²) >= 11 is 1.31. The van der Waals surface area contributed by atoms with Crippen molar-refractivity contribution in [1.29, 1.82) is 0 Å². The lowest BCUT2D eigenvalue weighted by Crippen LogP contribution is -2.38. The summed E-state index contributed by atoms with van der Waals surface area (Å²) < 4.78 is 25.1. The fourth-order valence-electron chi connectivity index (χ4n) is 2.94. The molecule has 2 aromatic rings. The predicted molar refractivity (Wildman–Crippen MR) is 101 cm³/mol. The van der Waals surface area contributed by atoms with Crippen molar-refractivity contribution < 1.29 is 13.2 Å². The fraction of sp³-hybridized carbons (Fsp3) is 0.471. The van der Waals surface area contributed by atoms with Crippen molar-refractivity contribution in [3.63, 3.8) is 0 Å². The Morgan fingerprint density at radius 3 is 2.58 bits per heavy atom. The second-order valence-electron chi connectivity index (χ2n) is 6.55. The van der Waals surface area contributed by atoms with E-state index in [1.54, 1.807) is 11.9 Å². The van der Waals surface area contributed by atoms with E-state index in [2.05, 4.69) is 10.2 Å². The largest absolute Gasteiger partial charge is 0.341 e. The van der Waals surface area contributed by atoms with Crippen molar-refractivity contribution in [2.75, 3.05) is 24.3 Å². The van der Waals surface area contributed by atoms with Crippen molar-refractivity contribution in [1.82, 2.24) is 19.7 Å². The number of carbonyl (C=O) groups excluding carboxylic acids is 1. The summed E-state index contributed by atoms with van der Waals surface area (Å²) in [6.07, 6.45) is 0.508. The van der Waals surface area contributed by atoms with Gasteiger partial charge < -0.3 is 4.90 Å². The minimum Gasteiger partial charge on any atom is -0.341 e. The number of hydrogen-bond donors (Lipinski definition) is 0. The topological polar surface area (TPSA) is 85.2 Å². The third-order valence-corrected chi connectivity index (χ3v) is 7.23. The Bertz CT molecular complexity index is 907. The smallest absolute Gasteiger partial charge is 0.233 e. The quantitative estimate of drug-likeness (QED) is 0.717. The van der Waals surface area contributed by atoms with Gasteiger partial charge in [-0.15, -0.1) is 10.2 Å². The zero-order valence-electron chi connectivity index (χ0n) is 15.0. The van der Waals surface area contributed by atoms with Gasteiger partial charge in [0.15, 0.2) is 15.0 Å². The normalized spacial score (nSPS) is 18.8. The highest BCUT2D eigenvalue weighted by Crippen LogP contribution is 2.23. The molecule has 7 nitrogen and oxygen atoms in total. The van der Waals surface area contributed by atoms with Crippen LogP contribution in [0.25, 0.3) is 5.69 Å². The Balaban J connectivity index is 1.68. The molecule has 0 unspecified atom stereocenters. The van der Waals surface area contributed by atoms with E-state index in [0.717, 1.165) is 17.1 Å². The van der Waals surface area contributed by atoms with E-state index in [0.29, 0.717) is 11.6 Å². The lowest BCUT2D eigenvalue weighted by Gasteiger charge is -2.23. The molecule has 1 aliphatic rings. The van der Waals surface area contributed by atoms with Crippen LogP contribution in [0.15, 0.2) is 29.4 Å². The van der Waals surface area contributed by atoms with Crippen LogP contribution in [0.5, 0.6) is 0 Å². The monoisotopic (exact) mass is 394 g/mol. The van der Waals surface area contributed by atoms with E-state index >= 15 is 0 Å². The lowest BCUT2D eigenvalue weighted by atomic mass is 10.2. The molecule has 1 aromatic heterocycles. The van der Waals surface area contributed by atoms with Crippen LogP contribution < -0.4 is 0 Å². The van der Waals surface area contributed by atoms with Crippen LogP contribution >= 0.6 is 11.8 Å². The average molecular weight is 395 g/mol. The summed E-state index contributed by atoms with van der Waals surface area (Å²) in [7, 11) is -1.34. The van der Waals surface area contributed by atoms with E-state index in [1.807, 2.05) is 42.7 Å². The third kappa shape index (κ3) is 4.09. The number of aromatic nitrogens is 3. The van der Waals surface area contributed by atoms with Crippen LogP contribution in [-0.2, 0) is 14.6 Å². The molecule has 1 aromatic carbocycles. The van der Waals surface area contributed by atoms with Crippen LogP contribution in [0.1, 0.15) is 17.8 Å². The van der Waals surface area contributed by atoms with Crippen LogP contribution in [0.2, 0.25) is 0 Å². The molecule has 0 aliphatic carbocycles. The fourth-order valence-corrected chi connectivity index (χ4v) is 5.64. The van der Waals surface area contributed by atoms with E-state index < -0.39 is 9.84 Å². The zero-order chi connectivity index (χ0) is 18.9. The van der Waals surface area contributed by atoms with E-state index in [9.17, 15) is 13.2 Å². The molecule has 0 bridgehead atoms. The number of aryl methyl sites for hydroxylation is 2. The molecule has 2 heterocycles. The standard InChI is InChI=1S/C17H22N4O3S2/c1-12-4-6-14(7-5-12)21-13(2)18-19-17(21)25-10-16(22)20(3)15-8-9-26(23,24)11-15/h4-7,15H,8-11H2,1-3H3/t15-/m0/s1. The maximum absolute atomic E-state index is 12.5. The first-order chi connectivity index (χ1) is 12.3. The van der Waals surface area contributed by atoms with Crippen molar-refractivity contribution in [2.24, 2.45) is 0 Å². The summed E-state index contributed by atoms with van der Waals surface area (Å²) in [5.74, 6) is 1.05. The number of thioether (sulfide) groups is 1. The van der Waals surface area contributed by atoms with Crippen molar-refractivity contribution in [2.45, 2.75) is 31.5 Å². The highest BCUT2D eigenvalue weighted by molar-refractivity contribution is 7.99. The van der Waals surface area contributed by atoms with Crippen LogP contribution in [0.4, 0.5) is 0 Å². The Kier molecular flexibility index (Phi) is 5.38. The van der Waals surface area contributed by atoms with Gasteiger partial charge in [0.2, 0.25) is 5.91 Å². The highest BCUT2D eigenvalue weighted by atomic mass is 32.2. The number of benzene rings is 1. The molecule has 0 N–H and O–H groups in total. The van der Waals surface area contributed by atoms with Crippen LogP contribution in [0.3, 0.4) is 0 Å². The molecule has 0 radical (unpaired) electrons. The molecule has 26 heavy (non-hydrogen) atoms. The van der Waals surface area contributed by atoms with E-state index in [1.165, 1.54) is 11.8 Å². The number of nitrogens with zero attached hydrogens (tertiary/aromatic N) is 4. The number of rotatable bonds is 5. The Morgan fingerprint density at radius 1 is 1.27 bits per heavy atom. The summed E-state index contributed by atoms with van der Waals surface area (Å²) in [6, 6.07) is 7.79. The average Bonchev–Trinajstić information content (AvgIpc) is 3.15. The molecule has 0 saturated carbocycles. The number of carbonyl (C=O) groups is 1.